The van der Waals surface area contributed by atoms with E-state index in [0.717, 1.165) is 39.0 Å². The maximum atomic E-state index is 11.7. The van der Waals surface area contributed by atoms with Crippen molar-refractivity contribution in [1.82, 2.24) is 19.9 Å². The summed E-state index contributed by atoms with van der Waals surface area (Å²) < 4.78 is 6.03. The summed E-state index contributed by atoms with van der Waals surface area (Å²) >= 11 is 6.27. The Morgan fingerprint density at radius 3 is 2.91 bits per heavy atom. The largest absolute Gasteiger partial charge is 0.489 e. The zero-order valence-corrected chi connectivity index (χ0v) is 18.7. The van der Waals surface area contributed by atoms with Gasteiger partial charge in [0.2, 0.25) is 5.91 Å². The second kappa shape index (κ2) is 9.24. The molecule has 4 rings (SSSR count). The van der Waals surface area contributed by atoms with Crippen LogP contribution in [0, 0.1) is 6.92 Å². The van der Waals surface area contributed by atoms with Crippen LogP contribution in [0.3, 0.4) is 0 Å². The molecule has 0 bridgehead atoms. The molecule has 3 aromatic heterocycles. The highest BCUT2D eigenvalue weighted by atomic mass is 35.5. The van der Waals surface area contributed by atoms with Gasteiger partial charge in [0.1, 0.15) is 12.4 Å². The van der Waals surface area contributed by atoms with Gasteiger partial charge < -0.3 is 14.6 Å². The summed E-state index contributed by atoms with van der Waals surface area (Å²) in [5.74, 6) is 0.465. The van der Waals surface area contributed by atoms with E-state index >= 15 is 0 Å². The van der Waals surface area contributed by atoms with Gasteiger partial charge in [-0.3, -0.25) is 14.8 Å². The number of pyridine rings is 2. The topological polar surface area (TPSA) is 71.1 Å². The molecule has 0 saturated heterocycles. The maximum Gasteiger partial charge on any atom is 0.245 e. The first kappa shape index (κ1) is 21.6. The Morgan fingerprint density at radius 2 is 2.12 bits per heavy atom. The predicted octanol–water partition coefficient (Wildman–Crippen LogP) is 5.28. The number of fused-ring (bicyclic) bond motifs is 1. The molecule has 0 saturated carbocycles. The fourth-order valence-corrected chi connectivity index (χ4v) is 3.68. The molecule has 6 nitrogen and oxygen atoms in total. The van der Waals surface area contributed by atoms with Crippen LogP contribution in [-0.4, -0.2) is 46.0 Å². The van der Waals surface area contributed by atoms with Gasteiger partial charge in [0.15, 0.2) is 0 Å². The van der Waals surface area contributed by atoms with E-state index in [1.807, 2.05) is 37.3 Å². The zero-order valence-electron chi connectivity index (χ0n) is 17.9. The first-order valence-corrected chi connectivity index (χ1v) is 10.6. The van der Waals surface area contributed by atoms with Crippen LogP contribution in [0.25, 0.3) is 33.4 Å². The molecule has 1 amide bonds. The Kier molecular flexibility index (Phi) is 6.23. The van der Waals surface area contributed by atoms with Gasteiger partial charge in [0.05, 0.1) is 29.5 Å². The maximum absolute atomic E-state index is 11.7. The summed E-state index contributed by atoms with van der Waals surface area (Å²) in [6.45, 7) is 6.24. The van der Waals surface area contributed by atoms with E-state index in [1.165, 1.54) is 6.08 Å². The van der Waals surface area contributed by atoms with Crippen molar-refractivity contribution in [3.8, 4) is 28.1 Å². The Morgan fingerprint density at radius 1 is 1.28 bits per heavy atom. The second-order valence-corrected chi connectivity index (χ2v) is 7.83. The second-order valence-electron chi connectivity index (χ2n) is 7.42. The summed E-state index contributed by atoms with van der Waals surface area (Å²) in [4.78, 5) is 25.6. The number of hydrogen-bond donors (Lipinski definition) is 1. The van der Waals surface area contributed by atoms with E-state index in [1.54, 1.807) is 30.5 Å². The summed E-state index contributed by atoms with van der Waals surface area (Å²) in [6.07, 6.45) is 6.47. The van der Waals surface area contributed by atoms with E-state index in [4.69, 9.17) is 16.3 Å². The smallest absolute Gasteiger partial charge is 0.245 e. The average molecular weight is 447 g/mol. The molecule has 4 aromatic rings. The number of aromatic nitrogens is 3. The molecule has 32 heavy (non-hydrogen) atoms. The molecule has 0 radical (unpaired) electrons. The van der Waals surface area contributed by atoms with Crippen LogP contribution in [-0.2, 0) is 4.79 Å². The third-order valence-corrected chi connectivity index (χ3v) is 5.71. The van der Waals surface area contributed by atoms with Gasteiger partial charge in [0, 0.05) is 35.6 Å². The summed E-state index contributed by atoms with van der Waals surface area (Å²) in [5, 5.41) is 0.717. The van der Waals surface area contributed by atoms with Crippen molar-refractivity contribution in [2.45, 2.75) is 6.92 Å². The van der Waals surface area contributed by atoms with Crippen LogP contribution in [0.4, 0.5) is 0 Å². The van der Waals surface area contributed by atoms with Crippen LogP contribution in [0.15, 0.2) is 67.6 Å². The first-order valence-electron chi connectivity index (χ1n) is 10.2. The standard InChI is InChI=1S/C25H23ClN4O2/c1-4-22(31)30(3)12-13-32-21-15-27-11-9-18(21)24-23(17-7-8-19(26)16(2)14-17)25-20(29-24)6-5-10-28-25/h4-11,14-15,29H,1,12-13H2,2-3H3. The van der Waals surface area contributed by atoms with E-state index in [9.17, 15) is 4.79 Å². The van der Waals surface area contributed by atoms with Crippen molar-refractivity contribution < 1.29 is 9.53 Å². The van der Waals surface area contributed by atoms with Gasteiger partial charge in [-0.15, -0.1) is 0 Å². The number of carbonyl (C=O) groups excluding carboxylic acids is 1. The van der Waals surface area contributed by atoms with Crippen molar-refractivity contribution >= 4 is 28.5 Å². The number of nitrogens with zero attached hydrogens (tertiary/aromatic N) is 3. The predicted molar refractivity (Wildman–Crippen MR) is 128 cm³/mol. The normalized spacial score (nSPS) is 10.8. The number of rotatable bonds is 7. The highest BCUT2D eigenvalue weighted by Crippen LogP contribution is 2.41. The molecule has 0 aliphatic heterocycles. The van der Waals surface area contributed by atoms with Gasteiger partial charge in [-0.1, -0.05) is 24.2 Å². The highest BCUT2D eigenvalue weighted by Gasteiger charge is 2.19. The van der Waals surface area contributed by atoms with Gasteiger partial charge >= 0.3 is 0 Å². The lowest BCUT2D eigenvalue weighted by atomic mass is 9.99. The van der Waals surface area contributed by atoms with Crippen molar-refractivity contribution in [2.75, 3.05) is 20.2 Å². The number of carbonyl (C=O) groups is 1. The van der Waals surface area contributed by atoms with Crippen molar-refractivity contribution in [3.63, 3.8) is 0 Å². The summed E-state index contributed by atoms with van der Waals surface area (Å²) in [6, 6.07) is 11.7. The fraction of sp³-hybridized carbons (Fsp3) is 0.160. The fourth-order valence-electron chi connectivity index (χ4n) is 3.56. The molecule has 0 spiro atoms. The van der Waals surface area contributed by atoms with E-state index in [2.05, 4.69) is 27.6 Å². The molecular formula is C25H23ClN4O2. The minimum absolute atomic E-state index is 0.151. The molecule has 0 unspecified atom stereocenters. The minimum Gasteiger partial charge on any atom is -0.489 e. The number of nitrogens with one attached hydrogen (secondary N) is 1. The van der Waals surface area contributed by atoms with Gasteiger partial charge in [-0.25, -0.2) is 0 Å². The molecule has 1 N–H and O–H groups in total. The third kappa shape index (κ3) is 4.22. The lowest BCUT2D eigenvalue weighted by molar-refractivity contribution is -0.125. The molecule has 1 aromatic carbocycles. The van der Waals surface area contributed by atoms with Gasteiger partial charge in [0.25, 0.3) is 0 Å². The number of aryl methyl sites for hydroxylation is 1. The summed E-state index contributed by atoms with van der Waals surface area (Å²) in [7, 11) is 1.71. The van der Waals surface area contributed by atoms with E-state index in [-0.39, 0.29) is 5.91 Å². The Labute approximate surface area is 191 Å². The number of halogens is 1. The van der Waals surface area contributed by atoms with Crippen LogP contribution >= 0.6 is 11.6 Å². The van der Waals surface area contributed by atoms with E-state index < -0.39 is 0 Å². The van der Waals surface area contributed by atoms with Crippen molar-refractivity contribution in [2.24, 2.45) is 0 Å². The van der Waals surface area contributed by atoms with Crippen LogP contribution in [0.5, 0.6) is 5.75 Å². The van der Waals surface area contributed by atoms with Gasteiger partial charge in [-0.2, -0.15) is 0 Å². The third-order valence-electron chi connectivity index (χ3n) is 5.29. The van der Waals surface area contributed by atoms with Crippen LogP contribution < -0.4 is 4.74 Å². The molecule has 0 aliphatic rings. The molecule has 0 aliphatic carbocycles. The molecular weight excluding hydrogens is 424 g/mol. The molecule has 162 valence electrons. The lowest BCUT2D eigenvalue weighted by Gasteiger charge is -2.17. The average Bonchev–Trinajstić information content (AvgIpc) is 3.20. The van der Waals surface area contributed by atoms with Gasteiger partial charge in [-0.05, 0) is 54.5 Å². The first-order chi connectivity index (χ1) is 15.5. The SMILES string of the molecule is C=CC(=O)N(C)CCOc1cnccc1-c1[nH]c2cccnc2c1-c1ccc(Cl)c(C)c1. The van der Waals surface area contributed by atoms with Crippen molar-refractivity contribution in [1.29, 1.82) is 0 Å². The number of aromatic amines is 1. The number of benzene rings is 1. The Bertz CT molecular complexity index is 1300. The lowest BCUT2D eigenvalue weighted by Crippen LogP contribution is -2.29. The quantitative estimate of drug-likeness (QED) is 0.392. The monoisotopic (exact) mass is 446 g/mol. The molecule has 3 heterocycles. The number of hydrogen-bond acceptors (Lipinski definition) is 4. The molecule has 0 fully saturated rings. The van der Waals surface area contributed by atoms with Crippen molar-refractivity contribution in [3.05, 3.63) is 78.2 Å². The molecule has 7 heteroatoms. The highest BCUT2D eigenvalue weighted by molar-refractivity contribution is 6.31. The zero-order chi connectivity index (χ0) is 22.7. The number of H-pyrrole nitrogens is 1. The Balaban J connectivity index is 1.77. The summed E-state index contributed by atoms with van der Waals surface area (Å²) in [5.41, 5.74) is 6.49. The Hall–Kier alpha value is -3.64. The number of amides is 1. The van der Waals surface area contributed by atoms with E-state index in [0.29, 0.717) is 23.9 Å². The van der Waals surface area contributed by atoms with Crippen LogP contribution in [0.1, 0.15) is 5.56 Å². The van der Waals surface area contributed by atoms with Crippen LogP contribution in [0.2, 0.25) is 5.02 Å². The minimum atomic E-state index is -0.151. The molecule has 0 atom stereocenters. The number of likely N-dealkylation sites (N-methyl/N-ethyl adjacent to an activating group) is 1. The number of ether oxygens (including phenoxy) is 1.